The van der Waals surface area contributed by atoms with Gasteiger partial charge in [-0.1, -0.05) is 173 Å². The molecule has 0 saturated heterocycles. The SMILES string of the molecule is Cc1ccc(C2(c3ccc(OC(C)C(C)C)cc3)c3ccccc3-c3ccc(N(c4ccc(-c5ccccc5)cc4)c4ccc5c(c4)C(C)(C)c4ccccc4-5)cc32)cc1. The van der Waals surface area contributed by atoms with Gasteiger partial charge in [0.15, 0.2) is 0 Å². The van der Waals surface area contributed by atoms with Crippen LogP contribution in [-0.4, -0.2) is 6.10 Å². The largest absolute Gasteiger partial charge is 0.490 e. The van der Waals surface area contributed by atoms with Crippen molar-refractivity contribution in [3.8, 4) is 39.1 Å². The van der Waals surface area contributed by atoms with Crippen LogP contribution in [0.15, 0.2) is 188 Å². The first-order valence-electron chi connectivity index (χ1n) is 21.4. The van der Waals surface area contributed by atoms with Crippen molar-refractivity contribution in [2.24, 2.45) is 5.92 Å². The summed E-state index contributed by atoms with van der Waals surface area (Å²) in [4.78, 5) is 2.46. The third-order valence-corrected chi connectivity index (χ3v) is 13.4. The lowest BCUT2D eigenvalue weighted by Crippen LogP contribution is -2.29. The average molecular weight is 778 g/mol. The van der Waals surface area contributed by atoms with Crippen LogP contribution in [0.4, 0.5) is 17.1 Å². The van der Waals surface area contributed by atoms with Crippen LogP contribution in [-0.2, 0) is 10.8 Å². The molecule has 0 amide bonds. The van der Waals surface area contributed by atoms with E-state index in [0.29, 0.717) is 5.92 Å². The number of hydrogen-bond donors (Lipinski definition) is 0. The second-order valence-electron chi connectivity index (χ2n) is 17.6. The number of ether oxygens (including phenoxy) is 1. The van der Waals surface area contributed by atoms with Gasteiger partial charge in [-0.3, -0.25) is 0 Å². The summed E-state index contributed by atoms with van der Waals surface area (Å²) in [5.41, 5.74) is 19.2. The standard InChI is InChI=1S/C58H51NO/c1-38(2)40(4)60-48-32-26-44(27-33-48)58(43-24-20-39(3)21-25-43)54-19-13-11-17-50(54)52-35-31-47(37-56(52)58)59(45-28-22-42(23-29-45)41-14-8-7-9-15-41)46-30-34-51-49-16-10-12-18-53(49)57(5,6)55(51)36-46/h7-38,40H,1-6H3. The number of nitrogens with zero attached hydrogens (tertiary/aromatic N) is 1. The Labute approximate surface area is 355 Å². The summed E-state index contributed by atoms with van der Waals surface area (Å²) in [6.45, 7) is 13.5. The van der Waals surface area contributed by atoms with Crippen LogP contribution in [0.1, 0.15) is 73.6 Å². The number of anilines is 3. The van der Waals surface area contributed by atoms with Crippen molar-refractivity contribution in [1.29, 1.82) is 0 Å². The molecule has 2 aliphatic rings. The molecule has 2 aliphatic carbocycles. The minimum atomic E-state index is -0.567. The first kappa shape index (κ1) is 37.6. The van der Waals surface area contributed by atoms with Crippen LogP contribution in [0.5, 0.6) is 5.75 Å². The Hall–Kier alpha value is -6.64. The molecule has 0 saturated carbocycles. The fourth-order valence-corrected chi connectivity index (χ4v) is 9.85. The summed E-state index contributed by atoms with van der Waals surface area (Å²) >= 11 is 0. The lowest BCUT2D eigenvalue weighted by Gasteiger charge is -2.35. The van der Waals surface area contributed by atoms with Crippen molar-refractivity contribution < 1.29 is 4.74 Å². The van der Waals surface area contributed by atoms with Gasteiger partial charge in [-0.05, 0) is 135 Å². The van der Waals surface area contributed by atoms with E-state index in [9.17, 15) is 0 Å². The third-order valence-electron chi connectivity index (χ3n) is 13.4. The lowest BCUT2D eigenvalue weighted by molar-refractivity contribution is 0.170. The smallest absolute Gasteiger partial charge is 0.119 e. The molecule has 2 nitrogen and oxygen atoms in total. The Morgan fingerprint density at radius 1 is 0.433 bits per heavy atom. The zero-order valence-electron chi connectivity index (χ0n) is 35.4. The van der Waals surface area contributed by atoms with Crippen molar-refractivity contribution >= 4 is 17.1 Å². The van der Waals surface area contributed by atoms with Crippen LogP contribution in [0.25, 0.3) is 33.4 Å². The third kappa shape index (κ3) is 6.00. The van der Waals surface area contributed by atoms with Gasteiger partial charge in [0.25, 0.3) is 0 Å². The van der Waals surface area contributed by atoms with Crippen molar-refractivity contribution in [2.45, 2.75) is 58.5 Å². The normalized spacial score (nSPS) is 16.1. The summed E-state index contributed by atoms with van der Waals surface area (Å²) in [5.74, 6) is 1.31. The molecule has 60 heavy (non-hydrogen) atoms. The topological polar surface area (TPSA) is 12.5 Å². The first-order valence-corrected chi connectivity index (χ1v) is 21.4. The summed E-state index contributed by atoms with van der Waals surface area (Å²) in [6, 6.07) is 70.0. The number of aryl methyl sites for hydroxylation is 1. The van der Waals surface area contributed by atoms with Gasteiger partial charge in [0.2, 0.25) is 0 Å². The summed E-state index contributed by atoms with van der Waals surface area (Å²) in [7, 11) is 0. The van der Waals surface area contributed by atoms with Gasteiger partial charge in [0, 0.05) is 22.5 Å². The Balaban J connectivity index is 1.19. The summed E-state index contributed by atoms with van der Waals surface area (Å²) in [6.07, 6.45) is 0.115. The second-order valence-corrected chi connectivity index (χ2v) is 17.6. The maximum absolute atomic E-state index is 6.43. The molecule has 0 fully saturated rings. The van der Waals surface area contributed by atoms with E-state index in [0.717, 1.165) is 22.8 Å². The van der Waals surface area contributed by atoms with E-state index in [2.05, 4.69) is 234 Å². The monoisotopic (exact) mass is 777 g/mol. The summed E-state index contributed by atoms with van der Waals surface area (Å²) in [5, 5.41) is 0. The van der Waals surface area contributed by atoms with E-state index in [4.69, 9.17) is 4.74 Å². The highest BCUT2D eigenvalue weighted by Crippen LogP contribution is 2.58. The number of hydrogen-bond acceptors (Lipinski definition) is 2. The Kier molecular flexibility index (Phi) is 9.14. The van der Waals surface area contributed by atoms with Crippen LogP contribution < -0.4 is 9.64 Å². The van der Waals surface area contributed by atoms with E-state index in [1.165, 1.54) is 72.3 Å². The van der Waals surface area contributed by atoms with Crippen molar-refractivity contribution in [3.63, 3.8) is 0 Å². The van der Waals surface area contributed by atoms with E-state index < -0.39 is 5.41 Å². The van der Waals surface area contributed by atoms with E-state index in [1.807, 2.05) is 0 Å². The molecule has 8 aromatic rings. The minimum absolute atomic E-state index is 0.115. The van der Waals surface area contributed by atoms with Crippen LogP contribution in [0.3, 0.4) is 0 Å². The molecule has 10 rings (SSSR count). The van der Waals surface area contributed by atoms with Gasteiger partial charge in [-0.2, -0.15) is 0 Å². The fraction of sp³-hybridized carbons (Fsp3) is 0.172. The molecule has 0 N–H and O–H groups in total. The van der Waals surface area contributed by atoms with E-state index in [1.54, 1.807) is 0 Å². The number of rotatable bonds is 9. The molecular formula is C58H51NO. The molecule has 2 atom stereocenters. The highest BCUT2D eigenvalue weighted by atomic mass is 16.5. The minimum Gasteiger partial charge on any atom is -0.490 e. The van der Waals surface area contributed by atoms with Gasteiger partial charge >= 0.3 is 0 Å². The zero-order chi connectivity index (χ0) is 41.2. The highest BCUT2D eigenvalue weighted by molar-refractivity contribution is 5.91. The van der Waals surface area contributed by atoms with Crippen LogP contribution >= 0.6 is 0 Å². The average Bonchev–Trinajstić information content (AvgIpc) is 3.70. The molecule has 294 valence electrons. The Morgan fingerprint density at radius 2 is 0.917 bits per heavy atom. The molecule has 0 aromatic heterocycles. The van der Waals surface area contributed by atoms with Crippen LogP contribution in [0.2, 0.25) is 0 Å². The van der Waals surface area contributed by atoms with Crippen LogP contribution in [0, 0.1) is 12.8 Å². The molecule has 8 aromatic carbocycles. The van der Waals surface area contributed by atoms with E-state index >= 15 is 0 Å². The number of benzene rings is 8. The molecular weight excluding hydrogens is 727 g/mol. The molecule has 0 radical (unpaired) electrons. The van der Waals surface area contributed by atoms with Gasteiger partial charge < -0.3 is 9.64 Å². The van der Waals surface area contributed by atoms with Gasteiger partial charge in [-0.25, -0.2) is 0 Å². The second kappa shape index (κ2) is 14.6. The Bertz CT molecular complexity index is 2850. The Morgan fingerprint density at radius 3 is 1.55 bits per heavy atom. The predicted molar refractivity (Wildman–Crippen MR) is 251 cm³/mol. The quantitative estimate of drug-likeness (QED) is 0.145. The lowest BCUT2D eigenvalue weighted by atomic mass is 9.67. The molecule has 0 aliphatic heterocycles. The number of fused-ring (bicyclic) bond motifs is 6. The first-order chi connectivity index (χ1) is 29.1. The fourth-order valence-electron chi connectivity index (χ4n) is 9.85. The highest BCUT2D eigenvalue weighted by Gasteiger charge is 2.46. The van der Waals surface area contributed by atoms with Gasteiger partial charge in [0.1, 0.15) is 5.75 Å². The van der Waals surface area contributed by atoms with Gasteiger partial charge in [-0.15, -0.1) is 0 Å². The van der Waals surface area contributed by atoms with Gasteiger partial charge in [0.05, 0.1) is 11.5 Å². The van der Waals surface area contributed by atoms with E-state index in [-0.39, 0.29) is 11.5 Å². The molecule has 2 unspecified atom stereocenters. The molecule has 0 bridgehead atoms. The molecule has 0 spiro atoms. The maximum Gasteiger partial charge on any atom is 0.119 e. The van der Waals surface area contributed by atoms with Crippen molar-refractivity contribution in [1.82, 2.24) is 0 Å². The van der Waals surface area contributed by atoms with Crippen molar-refractivity contribution in [2.75, 3.05) is 4.90 Å². The predicted octanol–water partition coefficient (Wildman–Crippen LogP) is 15.2. The maximum atomic E-state index is 6.43. The van der Waals surface area contributed by atoms with Crippen molar-refractivity contribution in [3.05, 3.63) is 227 Å². The zero-order valence-corrected chi connectivity index (χ0v) is 35.4. The molecule has 0 heterocycles. The molecule has 2 heteroatoms. The summed E-state index contributed by atoms with van der Waals surface area (Å²) < 4.78 is 6.43.